The van der Waals surface area contributed by atoms with Crippen LogP contribution >= 0.6 is 0 Å². The van der Waals surface area contributed by atoms with Crippen LogP contribution in [-0.4, -0.2) is 11.7 Å². The van der Waals surface area contributed by atoms with E-state index in [0.717, 1.165) is 17.8 Å². The molecule has 2 bridgehead atoms. The standard InChI is InChI=1S/C20H32O/c1-13(2)7-6-8-14(3)16-11-12-20(5)17-10-9-15(4)18(17)19(16)21-20/h7,9,14,16-19H,6,8,10-12H2,1-5H3/t14?,16-,17+,18+,19+,20-/m0/s1. The fraction of sp³-hybridized carbons (Fsp3) is 0.800. The summed E-state index contributed by atoms with van der Waals surface area (Å²) in [4.78, 5) is 0. The monoisotopic (exact) mass is 288 g/mol. The minimum absolute atomic E-state index is 0.166. The van der Waals surface area contributed by atoms with Gasteiger partial charge in [0, 0.05) is 11.8 Å². The predicted octanol–water partition coefficient (Wildman–Crippen LogP) is 5.52. The molecule has 0 radical (unpaired) electrons. The highest BCUT2D eigenvalue weighted by Crippen LogP contribution is 2.58. The highest BCUT2D eigenvalue weighted by molar-refractivity contribution is 5.23. The van der Waals surface area contributed by atoms with Crippen molar-refractivity contribution in [1.29, 1.82) is 0 Å². The Morgan fingerprint density at radius 1 is 1.48 bits per heavy atom. The lowest BCUT2D eigenvalue weighted by Gasteiger charge is -2.40. The molecule has 0 spiro atoms. The Balaban J connectivity index is 1.71. The maximum Gasteiger partial charge on any atom is 0.0696 e. The van der Waals surface area contributed by atoms with Crippen LogP contribution in [0.4, 0.5) is 0 Å². The molecule has 1 nitrogen and oxygen atoms in total. The summed E-state index contributed by atoms with van der Waals surface area (Å²) >= 11 is 0. The zero-order valence-corrected chi connectivity index (χ0v) is 14.5. The summed E-state index contributed by atoms with van der Waals surface area (Å²) < 4.78 is 6.63. The highest BCUT2D eigenvalue weighted by atomic mass is 16.5. The molecule has 1 aliphatic carbocycles. The predicted molar refractivity (Wildman–Crippen MR) is 89.2 cm³/mol. The van der Waals surface area contributed by atoms with Gasteiger partial charge in [0.15, 0.2) is 0 Å². The summed E-state index contributed by atoms with van der Waals surface area (Å²) in [5.74, 6) is 3.02. The van der Waals surface area contributed by atoms with Gasteiger partial charge in [-0.3, -0.25) is 0 Å². The summed E-state index contributed by atoms with van der Waals surface area (Å²) in [5, 5.41) is 0. The van der Waals surface area contributed by atoms with E-state index in [-0.39, 0.29) is 5.60 Å². The number of fused-ring (bicyclic) bond motifs is 5. The first-order valence-electron chi connectivity index (χ1n) is 8.90. The maximum absolute atomic E-state index is 6.63. The van der Waals surface area contributed by atoms with Crippen LogP contribution < -0.4 is 0 Å². The molecule has 2 heterocycles. The molecule has 0 saturated carbocycles. The van der Waals surface area contributed by atoms with Crippen LogP contribution in [0.1, 0.15) is 66.7 Å². The second-order valence-corrected chi connectivity index (χ2v) is 8.25. The van der Waals surface area contributed by atoms with E-state index >= 15 is 0 Å². The van der Waals surface area contributed by atoms with E-state index in [2.05, 4.69) is 46.8 Å². The molecule has 0 aromatic rings. The van der Waals surface area contributed by atoms with Gasteiger partial charge >= 0.3 is 0 Å². The van der Waals surface area contributed by atoms with Crippen LogP contribution in [0.2, 0.25) is 0 Å². The van der Waals surface area contributed by atoms with E-state index in [1.807, 2.05) is 0 Å². The number of hydrogen-bond acceptors (Lipinski definition) is 1. The summed E-state index contributed by atoms with van der Waals surface area (Å²) in [5.41, 5.74) is 3.22. The van der Waals surface area contributed by atoms with Crippen molar-refractivity contribution in [3.63, 3.8) is 0 Å². The fourth-order valence-electron chi connectivity index (χ4n) is 5.17. The molecule has 21 heavy (non-hydrogen) atoms. The zero-order chi connectivity index (χ0) is 15.2. The molecule has 3 rings (SSSR count). The molecule has 2 fully saturated rings. The Bertz CT molecular complexity index is 456. The second kappa shape index (κ2) is 5.57. The molecular formula is C20H32O. The number of allylic oxidation sites excluding steroid dienone is 3. The van der Waals surface area contributed by atoms with E-state index in [1.165, 1.54) is 37.7 Å². The number of rotatable bonds is 4. The summed E-state index contributed by atoms with van der Waals surface area (Å²) in [6.07, 6.45) is 11.8. The van der Waals surface area contributed by atoms with Crippen LogP contribution in [0.5, 0.6) is 0 Å². The van der Waals surface area contributed by atoms with Gasteiger partial charge in [0.25, 0.3) is 0 Å². The van der Waals surface area contributed by atoms with Crippen LogP contribution in [0, 0.1) is 23.7 Å². The van der Waals surface area contributed by atoms with Crippen molar-refractivity contribution in [2.75, 3.05) is 0 Å². The van der Waals surface area contributed by atoms with E-state index in [0.29, 0.717) is 12.0 Å². The van der Waals surface area contributed by atoms with E-state index in [9.17, 15) is 0 Å². The van der Waals surface area contributed by atoms with Gasteiger partial charge in [0.2, 0.25) is 0 Å². The van der Waals surface area contributed by atoms with Crippen molar-refractivity contribution < 1.29 is 4.74 Å². The first-order valence-corrected chi connectivity index (χ1v) is 8.90. The van der Waals surface area contributed by atoms with E-state index in [1.54, 1.807) is 5.57 Å². The summed E-state index contributed by atoms with van der Waals surface area (Å²) in [7, 11) is 0. The van der Waals surface area contributed by atoms with Crippen molar-refractivity contribution in [2.24, 2.45) is 23.7 Å². The molecule has 1 unspecified atom stereocenters. The van der Waals surface area contributed by atoms with Crippen molar-refractivity contribution in [3.05, 3.63) is 23.3 Å². The molecule has 0 amide bonds. The molecule has 0 N–H and O–H groups in total. The lowest BCUT2D eigenvalue weighted by Crippen LogP contribution is -2.40. The topological polar surface area (TPSA) is 9.23 Å². The lowest BCUT2D eigenvalue weighted by molar-refractivity contribution is -0.118. The molecular weight excluding hydrogens is 256 g/mol. The van der Waals surface area contributed by atoms with Gasteiger partial charge in [-0.1, -0.05) is 30.2 Å². The van der Waals surface area contributed by atoms with Crippen LogP contribution in [-0.2, 0) is 4.74 Å². The van der Waals surface area contributed by atoms with Gasteiger partial charge in [0.1, 0.15) is 0 Å². The van der Waals surface area contributed by atoms with Crippen molar-refractivity contribution in [1.82, 2.24) is 0 Å². The van der Waals surface area contributed by atoms with Crippen molar-refractivity contribution in [3.8, 4) is 0 Å². The minimum atomic E-state index is 0.166. The smallest absolute Gasteiger partial charge is 0.0696 e. The van der Waals surface area contributed by atoms with E-state index in [4.69, 9.17) is 4.74 Å². The molecule has 0 aromatic carbocycles. The van der Waals surface area contributed by atoms with Crippen LogP contribution in [0.25, 0.3) is 0 Å². The number of ether oxygens (including phenoxy) is 1. The van der Waals surface area contributed by atoms with Crippen LogP contribution in [0.15, 0.2) is 23.3 Å². The van der Waals surface area contributed by atoms with Crippen LogP contribution in [0.3, 0.4) is 0 Å². The maximum atomic E-state index is 6.63. The quantitative estimate of drug-likeness (QED) is 0.619. The Hall–Kier alpha value is -0.560. The van der Waals surface area contributed by atoms with Gasteiger partial charge in [-0.05, 0) is 71.6 Å². The molecule has 6 atom stereocenters. The van der Waals surface area contributed by atoms with Gasteiger partial charge in [-0.15, -0.1) is 0 Å². The highest BCUT2D eigenvalue weighted by Gasteiger charge is 2.58. The third kappa shape index (κ3) is 2.63. The van der Waals surface area contributed by atoms with Gasteiger partial charge < -0.3 is 4.74 Å². The van der Waals surface area contributed by atoms with Crippen molar-refractivity contribution in [2.45, 2.75) is 78.4 Å². The van der Waals surface area contributed by atoms with Gasteiger partial charge in [-0.2, -0.15) is 0 Å². The molecule has 1 heteroatoms. The number of hydrogen-bond donors (Lipinski definition) is 0. The van der Waals surface area contributed by atoms with Gasteiger partial charge in [0.05, 0.1) is 11.7 Å². The third-order valence-corrected chi connectivity index (χ3v) is 6.50. The average Bonchev–Trinajstić information content (AvgIpc) is 2.89. The Labute approximate surface area is 130 Å². The van der Waals surface area contributed by atoms with Gasteiger partial charge in [-0.25, -0.2) is 0 Å². The minimum Gasteiger partial charge on any atom is -0.371 e. The summed E-state index contributed by atoms with van der Waals surface area (Å²) in [6.45, 7) is 11.6. The lowest BCUT2D eigenvalue weighted by atomic mass is 9.77. The molecule has 2 aliphatic heterocycles. The SMILES string of the molecule is CC(C)=CCCC(C)[C@@H]1CC[C@]2(C)O[C@H]1[C@@H]1C(C)=CC[C@H]12. The normalized spacial score (nSPS) is 42.4. The average molecular weight is 288 g/mol. The first kappa shape index (κ1) is 15.3. The molecule has 0 aromatic heterocycles. The second-order valence-electron chi connectivity index (χ2n) is 8.25. The van der Waals surface area contributed by atoms with E-state index < -0.39 is 0 Å². The first-order chi connectivity index (χ1) is 9.92. The Morgan fingerprint density at radius 2 is 2.24 bits per heavy atom. The Kier molecular flexibility index (Phi) is 4.07. The molecule has 2 saturated heterocycles. The zero-order valence-electron chi connectivity index (χ0n) is 14.5. The largest absolute Gasteiger partial charge is 0.371 e. The Morgan fingerprint density at radius 3 is 2.95 bits per heavy atom. The van der Waals surface area contributed by atoms with Crippen molar-refractivity contribution >= 4 is 0 Å². The molecule has 118 valence electrons. The fourth-order valence-corrected chi connectivity index (χ4v) is 5.17. The summed E-state index contributed by atoms with van der Waals surface area (Å²) in [6, 6.07) is 0. The third-order valence-electron chi connectivity index (χ3n) is 6.50. The molecule has 3 aliphatic rings.